The quantitative estimate of drug-likeness (QED) is 0.578. The Kier molecular flexibility index (Phi) is 4.19. The second kappa shape index (κ2) is 6.67. The number of hydrogen-bond acceptors (Lipinski definition) is 7. The monoisotopic (exact) mass is 364 g/mol. The maximum absolute atomic E-state index is 5.90. The summed E-state index contributed by atoms with van der Waals surface area (Å²) in [5, 5.41) is 13.8. The molecule has 1 aromatic carbocycles. The molecule has 0 saturated heterocycles. The van der Waals surface area contributed by atoms with Crippen LogP contribution in [-0.4, -0.2) is 41.9 Å². The summed E-state index contributed by atoms with van der Waals surface area (Å²) in [7, 11) is 1.60. The number of hydrogen-bond donors (Lipinski definition) is 1. The number of benzene rings is 1. The van der Waals surface area contributed by atoms with Gasteiger partial charge in [0.1, 0.15) is 22.7 Å². The molecule has 0 aliphatic carbocycles. The maximum atomic E-state index is 5.90. The third kappa shape index (κ3) is 3.19. The van der Waals surface area contributed by atoms with E-state index in [4.69, 9.17) is 10.5 Å². The highest BCUT2D eigenvalue weighted by Crippen LogP contribution is 2.30. The van der Waals surface area contributed by atoms with Crippen molar-refractivity contribution in [3.8, 4) is 17.1 Å². The fraction of sp³-hybridized carbons (Fsp3) is 0.278. The number of fused-ring (bicyclic) bond motifs is 1. The lowest BCUT2D eigenvalue weighted by atomic mass is 10.1. The van der Waals surface area contributed by atoms with Crippen molar-refractivity contribution >= 4 is 16.9 Å². The van der Waals surface area contributed by atoms with Gasteiger partial charge in [-0.1, -0.05) is 17.3 Å². The number of nitrogens with zero attached hydrogens (tertiary/aromatic N) is 7. The van der Waals surface area contributed by atoms with Crippen LogP contribution in [-0.2, 0) is 6.54 Å². The highest BCUT2D eigenvalue weighted by Gasteiger charge is 2.15. The Morgan fingerprint density at radius 3 is 2.78 bits per heavy atom. The SMILES string of the molecule is COc1cccc2c(-c3cn(Cc4ccn(C(C)C)n4)nn3)nc(N)nc12. The van der Waals surface area contributed by atoms with Crippen LogP contribution in [0.5, 0.6) is 5.75 Å². The minimum absolute atomic E-state index is 0.159. The molecule has 27 heavy (non-hydrogen) atoms. The maximum Gasteiger partial charge on any atom is 0.221 e. The summed E-state index contributed by atoms with van der Waals surface area (Å²) >= 11 is 0. The molecule has 9 nitrogen and oxygen atoms in total. The fourth-order valence-corrected chi connectivity index (χ4v) is 2.90. The van der Waals surface area contributed by atoms with E-state index >= 15 is 0 Å². The first-order chi connectivity index (χ1) is 13.0. The van der Waals surface area contributed by atoms with Crippen LogP contribution in [0, 0.1) is 0 Å². The summed E-state index contributed by atoms with van der Waals surface area (Å²) in [4.78, 5) is 8.67. The first-order valence-corrected chi connectivity index (χ1v) is 8.60. The first-order valence-electron chi connectivity index (χ1n) is 8.60. The molecule has 0 bridgehead atoms. The molecule has 0 unspecified atom stereocenters. The van der Waals surface area contributed by atoms with Crippen LogP contribution in [0.3, 0.4) is 0 Å². The third-order valence-electron chi connectivity index (χ3n) is 4.22. The third-order valence-corrected chi connectivity index (χ3v) is 4.22. The molecule has 0 aliphatic rings. The highest BCUT2D eigenvalue weighted by molar-refractivity contribution is 5.95. The molecule has 0 fully saturated rings. The lowest BCUT2D eigenvalue weighted by molar-refractivity contribution is 0.419. The van der Waals surface area contributed by atoms with Gasteiger partial charge in [0.2, 0.25) is 5.95 Å². The average molecular weight is 364 g/mol. The molecule has 3 heterocycles. The number of para-hydroxylation sites is 1. The number of rotatable bonds is 5. The van der Waals surface area contributed by atoms with E-state index < -0.39 is 0 Å². The predicted molar refractivity (Wildman–Crippen MR) is 101 cm³/mol. The van der Waals surface area contributed by atoms with Crippen LogP contribution in [0.4, 0.5) is 5.95 Å². The van der Waals surface area contributed by atoms with Crippen LogP contribution in [0.15, 0.2) is 36.7 Å². The van der Waals surface area contributed by atoms with Crippen molar-refractivity contribution in [2.45, 2.75) is 26.4 Å². The Morgan fingerprint density at radius 1 is 1.19 bits per heavy atom. The van der Waals surface area contributed by atoms with Crippen molar-refractivity contribution in [3.63, 3.8) is 0 Å². The zero-order chi connectivity index (χ0) is 19.0. The second-order valence-corrected chi connectivity index (χ2v) is 6.47. The van der Waals surface area contributed by atoms with Crippen LogP contribution < -0.4 is 10.5 Å². The van der Waals surface area contributed by atoms with Crippen molar-refractivity contribution < 1.29 is 4.74 Å². The van der Waals surface area contributed by atoms with Gasteiger partial charge >= 0.3 is 0 Å². The summed E-state index contributed by atoms with van der Waals surface area (Å²) in [6.45, 7) is 4.70. The van der Waals surface area contributed by atoms with Gasteiger partial charge in [0.15, 0.2) is 0 Å². The van der Waals surface area contributed by atoms with Crippen molar-refractivity contribution in [1.29, 1.82) is 0 Å². The van der Waals surface area contributed by atoms with Gasteiger partial charge in [-0.25, -0.2) is 14.6 Å². The van der Waals surface area contributed by atoms with E-state index in [-0.39, 0.29) is 5.95 Å². The Labute approximate surface area is 155 Å². The van der Waals surface area contributed by atoms with Gasteiger partial charge < -0.3 is 10.5 Å². The molecule has 4 rings (SSSR count). The van der Waals surface area contributed by atoms with Gasteiger partial charge in [-0.05, 0) is 26.0 Å². The molecular formula is C18H20N8O. The molecule has 0 atom stereocenters. The Bertz CT molecular complexity index is 1100. The minimum Gasteiger partial charge on any atom is -0.494 e. The van der Waals surface area contributed by atoms with Crippen molar-refractivity contribution in [2.75, 3.05) is 12.8 Å². The number of aromatic nitrogens is 7. The van der Waals surface area contributed by atoms with E-state index in [9.17, 15) is 0 Å². The lowest BCUT2D eigenvalue weighted by Gasteiger charge is -2.07. The molecule has 0 spiro atoms. The summed E-state index contributed by atoms with van der Waals surface area (Å²) in [6, 6.07) is 7.92. The summed E-state index contributed by atoms with van der Waals surface area (Å²) < 4.78 is 9.03. The van der Waals surface area contributed by atoms with Gasteiger partial charge in [0.05, 0.1) is 25.5 Å². The van der Waals surface area contributed by atoms with Gasteiger partial charge in [-0.15, -0.1) is 5.10 Å². The number of ether oxygens (including phenoxy) is 1. The highest BCUT2D eigenvalue weighted by atomic mass is 16.5. The second-order valence-electron chi connectivity index (χ2n) is 6.47. The summed E-state index contributed by atoms with van der Waals surface area (Å²) in [6.07, 6.45) is 3.79. The van der Waals surface area contributed by atoms with E-state index in [1.807, 2.05) is 41.3 Å². The molecular weight excluding hydrogens is 344 g/mol. The molecule has 0 radical (unpaired) electrons. The Morgan fingerprint density at radius 2 is 2.04 bits per heavy atom. The zero-order valence-corrected chi connectivity index (χ0v) is 15.4. The Balaban J connectivity index is 1.70. The standard InChI is InChI=1S/C18H20N8O/c1-11(2)26-8-7-12(23-26)9-25-10-14(22-24-25)16-13-5-4-6-15(27-3)17(13)21-18(19)20-16/h4-8,10-11H,9H2,1-3H3,(H2,19,20,21). The molecule has 0 amide bonds. The van der Waals surface area contributed by atoms with Crippen molar-refractivity contribution in [2.24, 2.45) is 0 Å². The van der Waals surface area contributed by atoms with Crippen LogP contribution in [0.25, 0.3) is 22.3 Å². The summed E-state index contributed by atoms with van der Waals surface area (Å²) in [5.41, 5.74) is 8.70. The molecule has 2 N–H and O–H groups in total. The average Bonchev–Trinajstić information content (AvgIpc) is 3.30. The van der Waals surface area contributed by atoms with E-state index in [0.717, 1.165) is 11.1 Å². The molecule has 138 valence electrons. The molecule has 3 aromatic heterocycles. The molecule has 4 aromatic rings. The fourth-order valence-electron chi connectivity index (χ4n) is 2.90. The van der Waals surface area contributed by atoms with E-state index in [1.54, 1.807) is 11.8 Å². The van der Waals surface area contributed by atoms with Gasteiger partial charge in [0, 0.05) is 17.6 Å². The zero-order valence-electron chi connectivity index (χ0n) is 15.4. The van der Waals surface area contributed by atoms with E-state index in [0.29, 0.717) is 35.2 Å². The largest absolute Gasteiger partial charge is 0.494 e. The van der Waals surface area contributed by atoms with Crippen LogP contribution in [0.2, 0.25) is 0 Å². The number of nitrogens with two attached hydrogens (primary N) is 1. The van der Waals surface area contributed by atoms with Crippen molar-refractivity contribution in [3.05, 3.63) is 42.4 Å². The van der Waals surface area contributed by atoms with Gasteiger partial charge in [-0.2, -0.15) is 5.10 Å². The van der Waals surface area contributed by atoms with E-state index in [1.165, 1.54) is 0 Å². The first kappa shape index (κ1) is 17.0. The Hall–Kier alpha value is -3.49. The summed E-state index contributed by atoms with van der Waals surface area (Å²) in [5.74, 6) is 0.793. The predicted octanol–water partition coefficient (Wildman–Crippen LogP) is 2.30. The molecule has 9 heteroatoms. The van der Waals surface area contributed by atoms with Gasteiger partial charge in [-0.3, -0.25) is 4.68 Å². The number of nitrogen functional groups attached to an aromatic ring is 1. The van der Waals surface area contributed by atoms with Crippen molar-refractivity contribution in [1.82, 2.24) is 34.7 Å². The van der Waals surface area contributed by atoms with E-state index in [2.05, 4.69) is 39.2 Å². The smallest absolute Gasteiger partial charge is 0.221 e. The van der Waals surface area contributed by atoms with Crippen LogP contribution in [0.1, 0.15) is 25.6 Å². The van der Waals surface area contributed by atoms with Crippen LogP contribution >= 0.6 is 0 Å². The topological polar surface area (TPSA) is 110 Å². The normalized spacial score (nSPS) is 11.4. The van der Waals surface area contributed by atoms with Gasteiger partial charge in [0.25, 0.3) is 0 Å². The lowest BCUT2D eigenvalue weighted by Crippen LogP contribution is -2.05. The molecule has 0 saturated carbocycles. The number of anilines is 1. The minimum atomic E-state index is 0.159. The molecule has 0 aliphatic heterocycles. The number of methoxy groups -OCH3 is 1.